The molecule has 2 saturated heterocycles. The van der Waals surface area contributed by atoms with E-state index in [1.807, 2.05) is 109 Å². The monoisotopic (exact) mass is 755 g/mol. The van der Waals surface area contributed by atoms with Crippen LogP contribution < -0.4 is 35.6 Å². The predicted octanol–water partition coefficient (Wildman–Crippen LogP) is 4.00. The van der Waals surface area contributed by atoms with Crippen molar-refractivity contribution >= 4 is 59.1 Å². The molecule has 0 saturated carbocycles. The molecule has 0 bridgehead atoms. The summed E-state index contributed by atoms with van der Waals surface area (Å²) in [5.41, 5.74) is 7.86. The van der Waals surface area contributed by atoms with Crippen LogP contribution in [-0.4, -0.2) is 96.8 Å². The molecule has 6 aliphatic heterocycles. The molecule has 3 amide bonds. The Balaban J connectivity index is 0.000000172. The molecule has 2 aromatic rings. The number of hydrazone groups is 2. The smallest absolute Gasteiger partial charge is 0.483 e. The van der Waals surface area contributed by atoms with Gasteiger partial charge in [0.05, 0.1) is 22.6 Å². The van der Waals surface area contributed by atoms with Gasteiger partial charge in [0, 0.05) is 18.5 Å². The van der Waals surface area contributed by atoms with Crippen molar-refractivity contribution in [3.05, 3.63) is 48.5 Å². The summed E-state index contributed by atoms with van der Waals surface area (Å²) in [5, 5.41) is 8.24. The van der Waals surface area contributed by atoms with Crippen molar-refractivity contribution in [2.24, 2.45) is 15.6 Å². The molecule has 292 valence electrons. The third-order valence-electron chi connectivity index (χ3n) is 11.2. The highest BCUT2D eigenvalue weighted by Gasteiger charge is 2.52. The van der Waals surface area contributed by atoms with Crippen molar-refractivity contribution in [1.82, 2.24) is 15.8 Å². The average molecular weight is 756 g/mol. The zero-order valence-electron chi connectivity index (χ0n) is 33.2. The van der Waals surface area contributed by atoms with E-state index in [1.54, 1.807) is 4.90 Å². The Morgan fingerprint density at radius 3 is 1.84 bits per heavy atom. The van der Waals surface area contributed by atoms with Gasteiger partial charge in [-0.3, -0.25) is 9.59 Å². The van der Waals surface area contributed by atoms with Crippen LogP contribution in [0.3, 0.4) is 0 Å². The molecule has 55 heavy (non-hydrogen) atoms. The van der Waals surface area contributed by atoms with Crippen LogP contribution in [0.15, 0.2) is 53.2 Å². The fourth-order valence-corrected chi connectivity index (χ4v) is 7.18. The number of likely N-dealkylation sites (tertiary alicyclic amines) is 1. The highest BCUT2D eigenvalue weighted by Crippen LogP contribution is 2.45. The van der Waals surface area contributed by atoms with E-state index in [9.17, 15) is 14.4 Å². The number of rotatable bonds is 3. The van der Waals surface area contributed by atoms with Gasteiger partial charge in [-0.25, -0.2) is 15.6 Å². The lowest BCUT2D eigenvalue weighted by Gasteiger charge is -2.49. The minimum Gasteiger partial charge on any atom is -0.483 e. The Hall–Kier alpha value is -5.09. The van der Waals surface area contributed by atoms with Crippen molar-refractivity contribution in [2.75, 3.05) is 36.1 Å². The number of fused-ring (bicyclic) bond motifs is 6. The van der Waals surface area contributed by atoms with Crippen molar-refractivity contribution in [2.45, 2.75) is 98.1 Å². The van der Waals surface area contributed by atoms with Gasteiger partial charge in [0.15, 0.2) is 11.7 Å². The van der Waals surface area contributed by atoms with Crippen LogP contribution in [0.25, 0.3) is 5.57 Å². The topological polar surface area (TPSA) is 156 Å². The number of nitrogens with zero attached hydrogens (tertiary/aromatic N) is 5. The molecule has 0 aliphatic carbocycles. The van der Waals surface area contributed by atoms with E-state index in [1.165, 1.54) is 0 Å². The fraction of sp³-hybridized carbons (Fsp3) is 0.513. The third-order valence-corrected chi connectivity index (χ3v) is 11.2. The Kier molecular flexibility index (Phi) is 9.23. The van der Waals surface area contributed by atoms with E-state index in [2.05, 4.69) is 34.6 Å². The summed E-state index contributed by atoms with van der Waals surface area (Å²) in [6.07, 6.45) is -0.305. The van der Waals surface area contributed by atoms with Crippen LogP contribution in [0, 0.1) is 5.41 Å². The summed E-state index contributed by atoms with van der Waals surface area (Å²) in [6, 6.07) is 10.9. The largest absolute Gasteiger partial charge is 0.494 e. The highest BCUT2D eigenvalue weighted by atomic mass is 16.7. The molecular formula is C39H50BN7O8. The second-order valence-electron chi connectivity index (χ2n) is 17.1. The zero-order chi connectivity index (χ0) is 39.8. The lowest BCUT2D eigenvalue weighted by atomic mass is 9.73. The third kappa shape index (κ3) is 6.90. The molecule has 0 radical (unpaired) electrons. The maximum Gasteiger partial charge on any atom is 0.494 e. The number of nitrogens with one attached hydrogen (secondary N) is 2. The summed E-state index contributed by atoms with van der Waals surface area (Å²) in [6.45, 7) is 25.5. The molecule has 0 spiro atoms. The van der Waals surface area contributed by atoms with E-state index in [0.29, 0.717) is 43.7 Å². The number of ether oxygens (including phenoxy) is 3. The molecule has 2 N–H and O–H groups in total. The standard InChI is InChI=1S/C22H28N4O4.C17H22BN3O4/c1-13(22(6)11-25(12-22)20(28)30-21(3,4)5)15-7-8-17-16(9-15)26-14(2)19(27)24-23-18(26)10-29-17;1-10-15(22)20-19-14-9-23-13-7-6-11(8-12(13)21(10)14)18-24-16(2,3)17(4,5)25-18/h7-9,14H,1,10-12H2,2-6H3,(H,24,27);6-8,10H,9H2,1-5H3,(H,20,22)/t14-;10-/m11/s1. The molecule has 15 nitrogen and oxygen atoms in total. The first-order valence-corrected chi connectivity index (χ1v) is 18.6. The summed E-state index contributed by atoms with van der Waals surface area (Å²) in [5.74, 6) is 2.49. The Bertz CT molecular complexity index is 2000. The van der Waals surface area contributed by atoms with Crippen LogP contribution in [-0.2, 0) is 23.6 Å². The quantitative estimate of drug-likeness (QED) is 0.440. The Labute approximate surface area is 322 Å². The molecule has 2 aromatic carbocycles. The summed E-state index contributed by atoms with van der Waals surface area (Å²) >= 11 is 0. The van der Waals surface area contributed by atoms with Gasteiger partial charge in [0.1, 0.15) is 42.4 Å². The number of hydrogen-bond acceptors (Lipinski definition) is 12. The predicted molar refractivity (Wildman–Crippen MR) is 210 cm³/mol. The number of carbonyl (C=O) groups is 3. The van der Waals surface area contributed by atoms with Crippen molar-refractivity contribution in [1.29, 1.82) is 0 Å². The summed E-state index contributed by atoms with van der Waals surface area (Å²) < 4.78 is 29.3. The Morgan fingerprint density at radius 1 is 0.836 bits per heavy atom. The molecular weight excluding hydrogens is 705 g/mol. The minimum atomic E-state index is -0.519. The number of anilines is 2. The molecule has 0 unspecified atom stereocenters. The molecule has 0 aromatic heterocycles. The first-order valence-electron chi connectivity index (χ1n) is 18.6. The number of hydrogen-bond donors (Lipinski definition) is 2. The van der Waals surface area contributed by atoms with Crippen molar-refractivity contribution in [3.8, 4) is 11.5 Å². The fourth-order valence-electron chi connectivity index (χ4n) is 7.18. The number of benzene rings is 2. The van der Waals surface area contributed by atoms with Gasteiger partial charge in [-0.2, -0.15) is 10.2 Å². The second-order valence-corrected chi connectivity index (χ2v) is 17.1. The summed E-state index contributed by atoms with van der Waals surface area (Å²) in [4.78, 5) is 42.0. The number of carbonyl (C=O) groups excluding carboxylic acids is 3. The van der Waals surface area contributed by atoms with E-state index in [4.69, 9.17) is 23.5 Å². The van der Waals surface area contributed by atoms with Gasteiger partial charge in [0.25, 0.3) is 11.8 Å². The van der Waals surface area contributed by atoms with E-state index >= 15 is 0 Å². The van der Waals surface area contributed by atoms with Crippen molar-refractivity contribution < 1.29 is 37.9 Å². The minimum absolute atomic E-state index is 0.141. The lowest BCUT2D eigenvalue weighted by Crippen LogP contribution is -2.58. The van der Waals surface area contributed by atoms with Crippen LogP contribution in [0.2, 0.25) is 0 Å². The lowest BCUT2D eigenvalue weighted by molar-refractivity contribution is -0.123. The van der Waals surface area contributed by atoms with E-state index in [-0.39, 0.29) is 35.4 Å². The summed E-state index contributed by atoms with van der Waals surface area (Å²) in [7, 11) is -0.466. The van der Waals surface area contributed by atoms with Gasteiger partial charge >= 0.3 is 13.2 Å². The van der Waals surface area contributed by atoms with Gasteiger partial charge < -0.3 is 38.2 Å². The van der Waals surface area contributed by atoms with Crippen LogP contribution in [0.1, 0.15) is 74.8 Å². The maximum atomic E-state index is 12.3. The highest BCUT2D eigenvalue weighted by molar-refractivity contribution is 6.62. The first kappa shape index (κ1) is 38.2. The SMILES string of the molecule is C=C(c1ccc2c(c1)N1C(=NNC(=O)[C@H]1C)CO2)C1(C)CN(C(=O)OC(C)(C)C)C1.C[C@@H]1C(=O)NN=C2COc3ccc(B4OC(C)(C)C(C)(C)O4)cc3N21. The van der Waals surface area contributed by atoms with E-state index < -0.39 is 23.9 Å². The second kappa shape index (κ2) is 13.3. The normalized spacial score (nSPS) is 24.0. The van der Waals surface area contributed by atoms with Crippen LogP contribution in [0.5, 0.6) is 11.5 Å². The average Bonchev–Trinajstić information content (AvgIpc) is 3.34. The number of amidine groups is 2. The van der Waals surface area contributed by atoms with E-state index in [0.717, 1.165) is 33.7 Å². The zero-order valence-corrected chi connectivity index (χ0v) is 33.2. The Morgan fingerprint density at radius 2 is 1.33 bits per heavy atom. The van der Waals surface area contributed by atoms with Crippen molar-refractivity contribution in [3.63, 3.8) is 0 Å². The molecule has 16 heteroatoms. The van der Waals surface area contributed by atoms with Crippen LogP contribution >= 0.6 is 0 Å². The first-order chi connectivity index (χ1) is 25.7. The maximum absolute atomic E-state index is 12.3. The van der Waals surface area contributed by atoms with Crippen LogP contribution in [0.4, 0.5) is 16.2 Å². The van der Waals surface area contributed by atoms with Gasteiger partial charge in [-0.15, -0.1) is 0 Å². The molecule has 2 fully saturated rings. The van der Waals surface area contributed by atoms with Gasteiger partial charge in [-0.1, -0.05) is 25.6 Å². The van der Waals surface area contributed by atoms with Gasteiger partial charge in [-0.05, 0) is 103 Å². The molecule has 6 aliphatic rings. The molecule has 2 atom stereocenters. The van der Waals surface area contributed by atoms with Gasteiger partial charge in [0.2, 0.25) is 0 Å². The number of amides is 3. The molecule has 6 heterocycles. The molecule has 8 rings (SSSR count).